The second-order valence-electron chi connectivity index (χ2n) is 6.30. The van der Waals surface area contributed by atoms with E-state index in [2.05, 4.69) is 45.1 Å². The minimum Gasteiger partial charge on any atom is -0.488 e. The zero-order valence-corrected chi connectivity index (χ0v) is 15.9. The van der Waals surface area contributed by atoms with Crippen LogP contribution < -0.4 is 10.5 Å². The van der Waals surface area contributed by atoms with E-state index in [0.717, 1.165) is 42.7 Å². The fraction of sp³-hybridized carbons (Fsp3) is 0.368. The van der Waals surface area contributed by atoms with Gasteiger partial charge in [-0.3, -0.25) is 4.90 Å². The van der Waals surface area contributed by atoms with Gasteiger partial charge in [0.25, 0.3) is 0 Å². The molecule has 2 aromatic carbocycles. The van der Waals surface area contributed by atoms with Crippen LogP contribution >= 0.6 is 27.5 Å². The molecule has 3 rings (SSSR count). The van der Waals surface area contributed by atoms with Gasteiger partial charge in [-0.15, -0.1) is 0 Å². The van der Waals surface area contributed by atoms with Gasteiger partial charge in [0.05, 0.1) is 4.47 Å². The molecule has 1 heterocycles. The van der Waals surface area contributed by atoms with Crippen LogP contribution in [0.5, 0.6) is 5.75 Å². The molecule has 0 unspecified atom stereocenters. The molecule has 3 nitrogen and oxygen atoms in total. The van der Waals surface area contributed by atoms with Crippen molar-refractivity contribution in [2.45, 2.75) is 32.0 Å². The summed E-state index contributed by atoms with van der Waals surface area (Å²) in [5, 5.41) is 0.692. The van der Waals surface area contributed by atoms with Gasteiger partial charge in [0, 0.05) is 17.6 Å². The van der Waals surface area contributed by atoms with E-state index < -0.39 is 0 Å². The van der Waals surface area contributed by atoms with Gasteiger partial charge in [-0.1, -0.05) is 35.9 Å². The Hall–Kier alpha value is -1.07. The van der Waals surface area contributed by atoms with E-state index in [1.165, 1.54) is 11.1 Å². The third kappa shape index (κ3) is 4.96. The first kappa shape index (κ1) is 17.7. The Balaban J connectivity index is 1.58. The summed E-state index contributed by atoms with van der Waals surface area (Å²) in [6.45, 7) is 3.68. The van der Waals surface area contributed by atoms with Crippen molar-refractivity contribution in [3.63, 3.8) is 0 Å². The van der Waals surface area contributed by atoms with Crippen LogP contribution in [-0.4, -0.2) is 24.0 Å². The molecule has 24 heavy (non-hydrogen) atoms. The molecule has 0 radical (unpaired) electrons. The third-order valence-electron chi connectivity index (χ3n) is 4.32. The van der Waals surface area contributed by atoms with E-state index in [1.807, 2.05) is 18.2 Å². The van der Waals surface area contributed by atoms with Crippen molar-refractivity contribution < 1.29 is 4.74 Å². The lowest BCUT2D eigenvalue weighted by molar-refractivity contribution is 0.205. The molecule has 5 heteroatoms. The number of nitrogens with two attached hydrogens (primary N) is 1. The molecule has 0 aliphatic carbocycles. The molecule has 1 saturated heterocycles. The van der Waals surface area contributed by atoms with Crippen molar-refractivity contribution in [3.8, 4) is 5.75 Å². The summed E-state index contributed by atoms with van der Waals surface area (Å²) >= 11 is 9.44. The van der Waals surface area contributed by atoms with Crippen molar-refractivity contribution in [2.24, 2.45) is 5.73 Å². The Morgan fingerprint density at radius 3 is 2.62 bits per heavy atom. The number of halogens is 2. The molecule has 0 saturated carbocycles. The normalized spacial score (nSPS) is 16.3. The molecule has 2 aromatic rings. The first-order valence-electron chi connectivity index (χ1n) is 8.24. The topological polar surface area (TPSA) is 38.5 Å². The minimum atomic E-state index is 0.374. The number of likely N-dealkylation sites (tertiary alicyclic amines) is 1. The predicted octanol–water partition coefficient (Wildman–Crippen LogP) is 4.60. The smallest absolute Gasteiger partial charge is 0.134 e. The highest BCUT2D eigenvalue weighted by atomic mass is 79.9. The second kappa shape index (κ2) is 8.34. The summed E-state index contributed by atoms with van der Waals surface area (Å²) in [7, 11) is 0. The van der Waals surface area contributed by atoms with Crippen molar-refractivity contribution in [1.29, 1.82) is 0 Å². The number of nitrogens with zero attached hydrogens (tertiary/aromatic N) is 1. The average molecular weight is 410 g/mol. The predicted molar refractivity (Wildman–Crippen MR) is 102 cm³/mol. The molecule has 0 aromatic heterocycles. The Kier molecular flexibility index (Phi) is 6.17. The van der Waals surface area contributed by atoms with Gasteiger partial charge in [0.2, 0.25) is 0 Å². The van der Waals surface area contributed by atoms with E-state index in [-0.39, 0.29) is 0 Å². The van der Waals surface area contributed by atoms with Crippen molar-refractivity contribution in [1.82, 2.24) is 4.90 Å². The van der Waals surface area contributed by atoms with E-state index in [4.69, 9.17) is 22.1 Å². The first-order valence-corrected chi connectivity index (χ1v) is 9.41. The molecule has 1 aliphatic rings. The highest BCUT2D eigenvalue weighted by molar-refractivity contribution is 9.10. The number of benzene rings is 2. The Morgan fingerprint density at radius 1 is 1.12 bits per heavy atom. The Morgan fingerprint density at radius 2 is 1.88 bits per heavy atom. The van der Waals surface area contributed by atoms with Crippen molar-refractivity contribution in [2.75, 3.05) is 13.1 Å². The summed E-state index contributed by atoms with van der Waals surface area (Å²) in [4.78, 5) is 2.47. The van der Waals surface area contributed by atoms with Gasteiger partial charge in [-0.05, 0) is 71.2 Å². The van der Waals surface area contributed by atoms with Crippen LogP contribution in [0.2, 0.25) is 5.02 Å². The van der Waals surface area contributed by atoms with Crippen LogP contribution in [0.1, 0.15) is 24.0 Å². The van der Waals surface area contributed by atoms with E-state index in [9.17, 15) is 0 Å². The van der Waals surface area contributed by atoms with Crippen LogP contribution in [0.15, 0.2) is 46.9 Å². The fourth-order valence-corrected chi connectivity index (χ4v) is 3.74. The highest BCUT2D eigenvalue weighted by Crippen LogP contribution is 2.28. The molecular weight excluding hydrogens is 388 g/mol. The number of ether oxygens (including phenoxy) is 1. The van der Waals surface area contributed by atoms with E-state index in [1.54, 1.807) is 0 Å². The lowest BCUT2D eigenvalue weighted by atomic mass is 10.0. The molecule has 0 atom stereocenters. The highest BCUT2D eigenvalue weighted by Gasteiger charge is 2.16. The number of hydrogen-bond donors (Lipinski definition) is 1. The van der Waals surface area contributed by atoms with Gasteiger partial charge in [0.1, 0.15) is 12.4 Å². The quantitative estimate of drug-likeness (QED) is 0.784. The van der Waals surface area contributed by atoms with E-state index in [0.29, 0.717) is 17.7 Å². The van der Waals surface area contributed by atoms with Crippen LogP contribution in [0.3, 0.4) is 0 Å². The molecule has 2 N–H and O–H groups in total. The molecule has 1 aliphatic heterocycles. The monoisotopic (exact) mass is 408 g/mol. The van der Waals surface area contributed by atoms with Crippen LogP contribution in [0, 0.1) is 0 Å². The van der Waals surface area contributed by atoms with Gasteiger partial charge in [-0.25, -0.2) is 0 Å². The summed E-state index contributed by atoms with van der Waals surface area (Å²) in [5.41, 5.74) is 8.47. The SMILES string of the molecule is NC1CCN(Cc2cccc(COc3ccc(Cl)cc3Br)c2)CC1. The number of piperidine rings is 1. The lowest BCUT2D eigenvalue weighted by Crippen LogP contribution is -2.39. The largest absolute Gasteiger partial charge is 0.488 e. The van der Waals surface area contributed by atoms with Gasteiger partial charge < -0.3 is 10.5 Å². The molecule has 0 amide bonds. The summed E-state index contributed by atoms with van der Waals surface area (Å²) in [6.07, 6.45) is 2.18. The Labute approximate surface area is 156 Å². The Bertz CT molecular complexity index is 687. The van der Waals surface area contributed by atoms with Crippen molar-refractivity contribution in [3.05, 3.63) is 63.1 Å². The van der Waals surface area contributed by atoms with Crippen LogP contribution in [0.4, 0.5) is 0 Å². The van der Waals surface area contributed by atoms with Gasteiger partial charge in [0.15, 0.2) is 0 Å². The lowest BCUT2D eigenvalue weighted by Gasteiger charge is -2.30. The molecule has 1 fully saturated rings. The molecule has 0 spiro atoms. The minimum absolute atomic E-state index is 0.374. The zero-order chi connectivity index (χ0) is 16.9. The number of hydrogen-bond acceptors (Lipinski definition) is 3. The number of rotatable bonds is 5. The zero-order valence-electron chi connectivity index (χ0n) is 13.6. The summed E-state index contributed by atoms with van der Waals surface area (Å²) < 4.78 is 6.77. The molecule has 128 valence electrons. The van der Waals surface area contributed by atoms with Crippen LogP contribution in [0.25, 0.3) is 0 Å². The molecular formula is C19H22BrClN2O. The summed E-state index contributed by atoms with van der Waals surface area (Å²) in [6, 6.07) is 14.5. The van der Waals surface area contributed by atoms with Gasteiger partial charge in [-0.2, -0.15) is 0 Å². The van der Waals surface area contributed by atoms with E-state index >= 15 is 0 Å². The second-order valence-corrected chi connectivity index (χ2v) is 7.59. The molecule has 0 bridgehead atoms. The first-order chi connectivity index (χ1) is 11.6. The third-order valence-corrected chi connectivity index (χ3v) is 5.17. The summed E-state index contributed by atoms with van der Waals surface area (Å²) in [5.74, 6) is 0.801. The van der Waals surface area contributed by atoms with Gasteiger partial charge >= 0.3 is 0 Å². The standard InChI is InChI=1S/C19H22BrClN2O/c20-18-11-16(21)4-5-19(18)24-13-15-3-1-2-14(10-15)12-23-8-6-17(22)7-9-23/h1-5,10-11,17H,6-9,12-13,22H2. The van der Waals surface area contributed by atoms with Crippen LogP contribution in [-0.2, 0) is 13.2 Å². The maximum atomic E-state index is 5.98. The maximum Gasteiger partial charge on any atom is 0.134 e. The fourth-order valence-electron chi connectivity index (χ4n) is 2.94. The van der Waals surface area contributed by atoms with Crippen molar-refractivity contribution >= 4 is 27.5 Å². The maximum absolute atomic E-state index is 5.98. The average Bonchev–Trinajstić information content (AvgIpc) is 2.57.